The average Bonchev–Trinajstić information content (AvgIpc) is 3.48. The van der Waals surface area contributed by atoms with E-state index in [4.69, 9.17) is 18.7 Å². The quantitative estimate of drug-likeness (QED) is 0.236. The van der Waals surface area contributed by atoms with Crippen molar-refractivity contribution < 1.29 is 37.8 Å². The second-order valence-corrected chi connectivity index (χ2v) is 12.6. The Morgan fingerprint density at radius 1 is 1.00 bits per heavy atom. The maximum absolute atomic E-state index is 15.6. The predicted octanol–water partition coefficient (Wildman–Crippen LogP) is 6.35. The molecule has 3 aliphatic rings. The van der Waals surface area contributed by atoms with E-state index in [0.29, 0.717) is 5.56 Å². The Kier molecular flexibility index (Phi) is 7.72. The number of aliphatic hydroxyl groups excluding tert-OH is 1. The molecule has 0 aliphatic heterocycles. The van der Waals surface area contributed by atoms with Gasteiger partial charge in [-0.3, -0.25) is 14.5 Å². The lowest BCUT2D eigenvalue weighted by Crippen LogP contribution is -2.60. The molecule has 0 saturated heterocycles. The maximum atomic E-state index is 15.6. The minimum atomic E-state index is -1.94. The molecular formula is C37H35FN2O7. The zero-order valence-electron chi connectivity index (χ0n) is 26.6. The number of allylic oxidation sites excluding steroid dienone is 1. The van der Waals surface area contributed by atoms with Crippen LogP contribution in [-0.4, -0.2) is 53.5 Å². The Morgan fingerprint density at radius 3 is 2.26 bits per heavy atom. The molecule has 0 spiro atoms. The summed E-state index contributed by atoms with van der Waals surface area (Å²) >= 11 is 0. The first-order valence-corrected chi connectivity index (χ1v) is 15.6. The van der Waals surface area contributed by atoms with Crippen LogP contribution in [0.1, 0.15) is 61.2 Å². The molecule has 1 aromatic heterocycles. The Bertz CT molecular complexity index is 1900. The van der Waals surface area contributed by atoms with Gasteiger partial charge in [-0.15, -0.1) is 0 Å². The van der Waals surface area contributed by atoms with Gasteiger partial charge in [-0.2, -0.15) is 0 Å². The third-order valence-electron chi connectivity index (χ3n) is 9.74. The van der Waals surface area contributed by atoms with E-state index in [-0.39, 0.29) is 65.7 Å². The molecule has 4 atom stereocenters. The standard InChI is InChI=1S/C37H35FN2O7/c1-20-15-26(38)24-16-23-17-25-30(40(2)3)33-29(36(39-47-33)46-19-22-13-9-6-10-14-22)35(43)37(25,44-4)34(42)27(23)31(41)28(24)32(20)45-18-21-11-7-5-8-12-21/h5-15,23,25,30,42H,16-19H2,1-4H3/t23-,25-,30-,37-/m0/s1. The van der Waals surface area contributed by atoms with Crippen molar-refractivity contribution in [1.82, 2.24) is 10.1 Å². The third-order valence-corrected chi connectivity index (χ3v) is 9.74. The van der Waals surface area contributed by atoms with Crippen LogP contribution in [-0.2, 0) is 24.4 Å². The molecule has 0 fully saturated rings. The van der Waals surface area contributed by atoms with E-state index in [2.05, 4.69) is 5.16 Å². The molecule has 1 N–H and O–H groups in total. The summed E-state index contributed by atoms with van der Waals surface area (Å²) in [4.78, 5) is 31.0. The first kappa shape index (κ1) is 30.8. The van der Waals surface area contributed by atoms with E-state index in [9.17, 15) is 14.7 Å². The molecule has 0 saturated carbocycles. The van der Waals surface area contributed by atoms with Gasteiger partial charge in [-0.1, -0.05) is 60.7 Å². The summed E-state index contributed by atoms with van der Waals surface area (Å²) in [5.41, 5.74) is 0.634. The zero-order chi connectivity index (χ0) is 33.0. The number of aliphatic hydroxyl groups is 1. The highest BCUT2D eigenvalue weighted by molar-refractivity contribution is 6.16. The Labute approximate surface area is 271 Å². The lowest BCUT2D eigenvalue weighted by Gasteiger charge is -2.51. The highest BCUT2D eigenvalue weighted by atomic mass is 19.1. The minimum Gasteiger partial charge on any atom is -0.508 e. The van der Waals surface area contributed by atoms with Crippen molar-refractivity contribution in [2.45, 2.75) is 44.6 Å². The highest BCUT2D eigenvalue weighted by Gasteiger charge is 2.65. The van der Waals surface area contributed by atoms with Gasteiger partial charge >= 0.3 is 0 Å². The molecule has 3 aromatic carbocycles. The second-order valence-electron chi connectivity index (χ2n) is 12.6. The highest BCUT2D eigenvalue weighted by Crippen LogP contribution is 2.58. The summed E-state index contributed by atoms with van der Waals surface area (Å²) in [6, 6.07) is 19.7. The van der Waals surface area contributed by atoms with E-state index in [1.54, 1.807) is 6.92 Å². The normalized spacial score (nSPS) is 23.2. The van der Waals surface area contributed by atoms with Crippen molar-refractivity contribution in [3.63, 3.8) is 0 Å². The fraction of sp³-hybridized carbons (Fsp3) is 0.324. The number of hydrogen-bond acceptors (Lipinski definition) is 9. The minimum absolute atomic E-state index is 0.0230. The fourth-order valence-electron chi connectivity index (χ4n) is 7.62. The van der Waals surface area contributed by atoms with Crippen LogP contribution in [0, 0.1) is 24.6 Å². The summed E-state index contributed by atoms with van der Waals surface area (Å²) in [6.07, 6.45) is 0.370. The smallest absolute Gasteiger partial charge is 0.265 e. The predicted molar refractivity (Wildman–Crippen MR) is 169 cm³/mol. The number of aromatic nitrogens is 1. The SMILES string of the molecule is CO[C@@]12C(=O)c3c(OCc4ccccc4)noc3[C@@H](N(C)C)[C@@H]1C[C@@H]1Cc3c(F)cc(C)c(OCc4ccccc4)c3C(=O)C1=C2O. The maximum Gasteiger partial charge on any atom is 0.265 e. The number of Topliss-reactive ketones (excluding diaryl/α,β-unsaturated/α-hetero) is 2. The molecule has 47 heavy (non-hydrogen) atoms. The van der Waals surface area contributed by atoms with Crippen LogP contribution in [0.4, 0.5) is 4.39 Å². The van der Waals surface area contributed by atoms with Crippen molar-refractivity contribution in [2.24, 2.45) is 11.8 Å². The van der Waals surface area contributed by atoms with Crippen LogP contribution in [0.5, 0.6) is 11.6 Å². The summed E-state index contributed by atoms with van der Waals surface area (Å²) < 4.78 is 39.6. The van der Waals surface area contributed by atoms with Crippen LogP contribution in [0.15, 0.2) is 82.6 Å². The number of hydrogen-bond donors (Lipinski definition) is 1. The van der Waals surface area contributed by atoms with E-state index < -0.39 is 46.6 Å². The number of rotatable bonds is 8. The monoisotopic (exact) mass is 638 g/mol. The van der Waals surface area contributed by atoms with Gasteiger partial charge in [0.25, 0.3) is 5.88 Å². The lowest BCUT2D eigenvalue weighted by molar-refractivity contribution is -0.0790. The second kappa shape index (κ2) is 11.8. The van der Waals surface area contributed by atoms with Crippen molar-refractivity contribution in [3.05, 3.63) is 123 Å². The van der Waals surface area contributed by atoms with Gasteiger partial charge in [0.2, 0.25) is 5.78 Å². The molecule has 242 valence electrons. The molecule has 1 heterocycles. The molecule has 9 nitrogen and oxygen atoms in total. The van der Waals surface area contributed by atoms with Gasteiger partial charge in [0.1, 0.15) is 36.1 Å². The van der Waals surface area contributed by atoms with E-state index in [1.165, 1.54) is 13.2 Å². The third kappa shape index (κ3) is 4.77. The molecular weight excluding hydrogens is 603 g/mol. The van der Waals surface area contributed by atoms with Crippen molar-refractivity contribution in [1.29, 1.82) is 0 Å². The average molecular weight is 639 g/mol. The Morgan fingerprint density at radius 2 is 1.64 bits per heavy atom. The van der Waals surface area contributed by atoms with Gasteiger partial charge < -0.3 is 23.8 Å². The fourth-order valence-corrected chi connectivity index (χ4v) is 7.62. The van der Waals surface area contributed by atoms with Crippen LogP contribution in [0.2, 0.25) is 0 Å². The van der Waals surface area contributed by atoms with E-state index in [1.807, 2.05) is 79.7 Å². The Balaban J connectivity index is 1.33. The largest absolute Gasteiger partial charge is 0.508 e. The molecule has 0 unspecified atom stereocenters. The van der Waals surface area contributed by atoms with E-state index in [0.717, 1.165) is 11.1 Å². The number of nitrogens with zero attached hydrogens (tertiary/aromatic N) is 2. The number of fused-ring (bicyclic) bond motifs is 4. The molecule has 0 radical (unpaired) electrons. The van der Waals surface area contributed by atoms with Crippen molar-refractivity contribution in [3.8, 4) is 11.6 Å². The number of carbonyl (C=O) groups is 2. The summed E-state index contributed by atoms with van der Waals surface area (Å²) in [7, 11) is 5.00. The first-order valence-electron chi connectivity index (χ1n) is 15.6. The number of halogens is 1. The molecule has 3 aliphatic carbocycles. The summed E-state index contributed by atoms with van der Waals surface area (Å²) in [5.74, 6) is -2.95. The number of ketones is 2. The number of benzene rings is 3. The van der Waals surface area contributed by atoms with Gasteiger partial charge in [0.15, 0.2) is 17.1 Å². The molecule has 0 amide bonds. The number of methoxy groups -OCH3 is 1. The summed E-state index contributed by atoms with van der Waals surface area (Å²) in [5, 5.41) is 16.3. The summed E-state index contributed by atoms with van der Waals surface area (Å²) in [6.45, 7) is 1.97. The molecule has 7 rings (SSSR count). The number of aryl methyl sites for hydroxylation is 1. The van der Waals surface area contributed by atoms with Crippen LogP contribution >= 0.6 is 0 Å². The first-order chi connectivity index (χ1) is 22.7. The van der Waals surface area contributed by atoms with Crippen LogP contribution in [0.3, 0.4) is 0 Å². The number of ether oxygens (including phenoxy) is 3. The Hall–Kier alpha value is -4.80. The topological polar surface area (TPSA) is 111 Å². The van der Waals surface area contributed by atoms with Crippen molar-refractivity contribution >= 4 is 11.6 Å². The van der Waals surface area contributed by atoms with Gasteiger partial charge in [-0.25, -0.2) is 4.39 Å². The number of carbonyl (C=O) groups excluding carboxylic acids is 2. The van der Waals surface area contributed by atoms with Gasteiger partial charge in [0, 0.05) is 24.2 Å². The van der Waals surface area contributed by atoms with Crippen LogP contribution in [0.25, 0.3) is 0 Å². The van der Waals surface area contributed by atoms with Crippen LogP contribution < -0.4 is 9.47 Å². The van der Waals surface area contributed by atoms with Crippen molar-refractivity contribution in [2.75, 3.05) is 21.2 Å². The van der Waals surface area contributed by atoms with Gasteiger partial charge in [-0.05, 0) is 67.7 Å². The molecule has 4 aromatic rings. The lowest BCUT2D eigenvalue weighted by atomic mass is 9.58. The van der Waals surface area contributed by atoms with Gasteiger partial charge in [0.05, 0.1) is 11.6 Å². The van der Waals surface area contributed by atoms with E-state index >= 15 is 4.39 Å². The zero-order valence-corrected chi connectivity index (χ0v) is 26.6. The molecule has 10 heteroatoms. The molecule has 0 bridgehead atoms.